The Morgan fingerprint density at radius 3 is 2.46 bits per heavy atom. The minimum atomic E-state index is -3.63. The molecule has 6 nitrogen and oxygen atoms in total. The van der Waals surface area contributed by atoms with Crippen molar-refractivity contribution in [3.05, 3.63) is 65.8 Å². The number of nitrogens with zero attached hydrogens (tertiary/aromatic N) is 3. The van der Waals surface area contributed by atoms with Crippen molar-refractivity contribution in [3.63, 3.8) is 0 Å². The molecule has 1 fully saturated rings. The molecule has 1 saturated carbocycles. The van der Waals surface area contributed by atoms with Gasteiger partial charge in [0, 0.05) is 16.6 Å². The number of hydrogen-bond donors (Lipinski definition) is 1. The van der Waals surface area contributed by atoms with Crippen LogP contribution in [0.5, 0.6) is 0 Å². The number of sulfonamides is 1. The number of nitrogens with one attached hydrogen (secondary N) is 1. The predicted octanol–water partition coefficient (Wildman–Crippen LogP) is 4.06. The fourth-order valence-electron chi connectivity index (χ4n) is 3.63. The lowest BCUT2D eigenvalue weighted by molar-refractivity contribution is 0.267. The Labute approximate surface area is 169 Å². The van der Waals surface area contributed by atoms with Crippen molar-refractivity contribution < 1.29 is 8.42 Å². The molecule has 0 aliphatic heterocycles. The molecule has 1 heterocycles. The van der Waals surface area contributed by atoms with E-state index in [2.05, 4.69) is 15.0 Å². The zero-order chi connectivity index (χ0) is 19.6. The van der Waals surface area contributed by atoms with Gasteiger partial charge in [-0.05, 0) is 37.1 Å². The average molecular weight is 417 g/mol. The summed E-state index contributed by atoms with van der Waals surface area (Å²) in [4.78, 5) is 0.213. The van der Waals surface area contributed by atoms with E-state index in [1.165, 1.54) is 12.1 Å². The summed E-state index contributed by atoms with van der Waals surface area (Å²) >= 11 is 5.88. The van der Waals surface area contributed by atoms with E-state index in [0.29, 0.717) is 5.02 Å². The van der Waals surface area contributed by atoms with Crippen LogP contribution in [-0.4, -0.2) is 29.5 Å². The van der Waals surface area contributed by atoms with Gasteiger partial charge in [-0.25, -0.2) is 17.8 Å². The topological polar surface area (TPSA) is 76.9 Å². The molecule has 28 heavy (non-hydrogen) atoms. The molecule has 1 aliphatic rings. The summed E-state index contributed by atoms with van der Waals surface area (Å²) < 4.78 is 30.3. The van der Waals surface area contributed by atoms with Crippen LogP contribution in [0.25, 0.3) is 11.3 Å². The largest absolute Gasteiger partial charge is 0.247 e. The maximum absolute atomic E-state index is 12.8. The normalized spacial score (nSPS) is 20.2. The van der Waals surface area contributed by atoms with Gasteiger partial charge in [-0.2, -0.15) is 0 Å². The Kier molecular flexibility index (Phi) is 5.48. The van der Waals surface area contributed by atoms with Crippen molar-refractivity contribution in [2.45, 2.75) is 42.7 Å². The third kappa shape index (κ3) is 4.11. The molecular weight excluding hydrogens is 396 g/mol. The van der Waals surface area contributed by atoms with Gasteiger partial charge < -0.3 is 0 Å². The smallest absolute Gasteiger partial charge is 0.240 e. The van der Waals surface area contributed by atoms with Gasteiger partial charge >= 0.3 is 0 Å². The molecule has 8 heteroatoms. The molecule has 0 saturated heterocycles. The minimum Gasteiger partial charge on any atom is -0.247 e. The molecule has 0 radical (unpaired) electrons. The molecule has 4 rings (SSSR count). The van der Waals surface area contributed by atoms with Gasteiger partial charge in [-0.1, -0.05) is 60.0 Å². The minimum absolute atomic E-state index is 0.0687. The monoisotopic (exact) mass is 416 g/mol. The first-order valence-corrected chi connectivity index (χ1v) is 11.1. The first-order chi connectivity index (χ1) is 13.5. The third-order valence-electron chi connectivity index (χ3n) is 5.08. The molecule has 0 bridgehead atoms. The molecule has 1 aromatic heterocycles. The lowest BCUT2D eigenvalue weighted by atomic mass is 9.91. The summed E-state index contributed by atoms with van der Waals surface area (Å²) in [6, 6.07) is 15.7. The van der Waals surface area contributed by atoms with E-state index in [4.69, 9.17) is 11.6 Å². The van der Waals surface area contributed by atoms with Crippen molar-refractivity contribution in [3.8, 4) is 11.3 Å². The maximum Gasteiger partial charge on any atom is 0.240 e. The molecule has 0 spiro atoms. The second-order valence-electron chi connectivity index (χ2n) is 6.98. The third-order valence-corrected chi connectivity index (χ3v) is 6.84. The summed E-state index contributed by atoms with van der Waals surface area (Å²) in [5.41, 5.74) is 1.77. The Morgan fingerprint density at radius 2 is 1.71 bits per heavy atom. The van der Waals surface area contributed by atoms with Gasteiger partial charge in [0.2, 0.25) is 10.0 Å². The fourth-order valence-corrected chi connectivity index (χ4v) is 5.06. The molecular formula is C20H21ClN4O2S. The standard InChI is InChI=1S/C20H21ClN4O2S/c21-16-10-12-17(13-11-16)28(26,27)23-18-8-4-5-9-20(18)25-14-19(22-24-25)15-6-2-1-3-7-15/h1-3,6-7,10-14,18,20,23H,4-5,8-9H2/t18-,20-/m1/s1. The number of halogens is 1. The second kappa shape index (κ2) is 8.03. The van der Waals surface area contributed by atoms with E-state index in [1.54, 1.807) is 16.8 Å². The summed E-state index contributed by atoms with van der Waals surface area (Å²) in [7, 11) is -3.63. The van der Waals surface area contributed by atoms with E-state index < -0.39 is 10.0 Å². The summed E-state index contributed by atoms with van der Waals surface area (Å²) in [6.07, 6.45) is 5.52. The highest BCUT2D eigenvalue weighted by molar-refractivity contribution is 7.89. The summed E-state index contributed by atoms with van der Waals surface area (Å²) in [5, 5.41) is 9.08. The van der Waals surface area contributed by atoms with Crippen LogP contribution < -0.4 is 4.72 Å². The van der Waals surface area contributed by atoms with Crippen LogP contribution in [0.4, 0.5) is 0 Å². The number of benzene rings is 2. The predicted molar refractivity (Wildman–Crippen MR) is 109 cm³/mol. The molecule has 0 unspecified atom stereocenters. The van der Waals surface area contributed by atoms with E-state index in [0.717, 1.165) is 36.9 Å². The molecule has 1 aliphatic carbocycles. The Morgan fingerprint density at radius 1 is 1.00 bits per heavy atom. The van der Waals surface area contributed by atoms with E-state index in [1.807, 2.05) is 36.5 Å². The molecule has 3 aromatic rings. The van der Waals surface area contributed by atoms with Crippen LogP contribution in [0.1, 0.15) is 31.7 Å². The molecule has 146 valence electrons. The average Bonchev–Trinajstić information content (AvgIpc) is 3.19. The van der Waals surface area contributed by atoms with Crippen molar-refractivity contribution in [1.29, 1.82) is 0 Å². The van der Waals surface area contributed by atoms with E-state index in [-0.39, 0.29) is 17.0 Å². The van der Waals surface area contributed by atoms with E-state index in [9.17, 15) is 8.42 Å². The van der Waals surface area contributed by atoms with Crippen LogP contribution in [0.15, 0.2) is 65.7 Å². The lowest BCUT2D eigenvalue weighted by Gasteiger charge is -2.31. The number of aromatic nitrogens is 3. The van der Waals surface area contributed by atoms with Gasteiger partial charge in [0.05, 0.1) is 17.1 Å². The summed E-state index contributed by atoms with van der Waals surface area (Å²) in [6.45, 7) is 0. The van der Waals surface area contributed by atoms with Crippen molar-refractivity contribution in [2.75, 3.05) is 0 Å². The summed E-state index contributed by atoms with van der Waals surface area (Å²) in [5.74, 6) is 0. The van der Waals surface area contributed by atoms with E-state index >= 15 is 0 Å². The molecule has 2 aromatic carbocycles. The SMILES string of the molecule is O=S(=O)(N[C@@H]1CCCC[C@H]1n1cc(-c2ccccc2)nn1)c1ccc(Cl)cc1. The number of hydrogen-bond acceptors (Lipinski definition) is 4. The van der Waals surface area contributed by atoms with Crippen molar-refractivity contribution in [1.82, 2.24) is 19.7 Å². The first kappa shape index (κ1) is 19.1. The van der Waals surface area contributed by atoms with Crippen LogP contribution in [-0.2, 0) is 10.0 Å². The quantitative estimate of drug-likeness (QED) is 0.680. The van der Waals surface area contributed by atoms with Crippen LogP contribution in [0, 0.1) is 0 Å². The molecule has 2 atom stereocenters. The lowest BCUT2D eigenvalue weighted by Crippen LogP contribution is -2.43. The Bertz CT molecular complexity index is 1040. The zero-order valence-electron chi connectivity index (χ0n) is 15.2. The zero-order valence-corrected chi connectivity index (χ0v) is 16.8. The highest BCUT2D eigenvalue weighted by atomic mass is 35.5. The van der Waals surface area contributed by atoms with Gasteiger partial charge in [0.1, 0.15) is 5.69 Å². The Balaban J connectivity index is 1.57. The van der Waals surface area contributed by atoms with Gasteiger partial charge in [-0.3, -0.25) is 0 Å². The number of rotatable bonds is 5. The van der Waals surface area contributed by atoms with Gasteiger partial charge in [0.15, 0.2) is 0 Å². The molecule has 1 N–H and O–H groups in total. The molecule has 0 amide bonds. The van der Waals surface area contributed by atoms with Crippen molar-refractivity contribution >= 4 is 21.6 Å². The van der Waals surface area contributed by atoms with Crippen molar-refractivity contribution in [2.24, 2.45) is 0 Å². The maximum atomic E-state index is 12.8. The Hall–Kier alpha value is -2.22. The highest BCUT2D eigenvalue weighted by Crippen LogP contribution is 2.30. The highest BCUT2D eigenvalue weighted by Gasteiger charge is 2.31. The fraction of sp³-hybridized carbons (Fsp3) is 0.300. The van der Waals surface area contributed by atoms with Crippen LogP contribution in [0.2, 0.25) is 5.02 Å². The van der Waals surface area contributed by atoms with Crippen LogP contribution in [0.3, 0.4) is 0 Å². The first-order valence-electron chi connectivity index (χ1n) is 9.28. The second-order valence-corrected chi connectivity index (χ2v) is 9.13. The van der Waals surface area contributed by atoms with Crippen LogP contribution >= 0.6 is 11.6 Å². The van der Waals surface area contributed by atoms with Gasteiger partial charge in [-0.15, -0.1) is 5.10 Å². The van der Waals surface area contributed by atoms with Gasteiger partial charge in [0.25, 0.3) is 0 Å².